The van der Waals surface area contributed by atoms with Crippen LogP contribution in [0.25, 0.3) is 0 Å². The minimum Gasteiger partial charge on any atom is -0.368 e. The van der Waals surface area contributed by atoms with Gasteiger partial charge in [0.1, 0.15) is 6.54 Å². The highest BCUT2D eigenvalue weighted by molar-refractivity contribution is 9.10. The second-order valence-corrected chi connectivity index (χ2v) is 8.11. The fraction of sp³-hybridized carbons (Fsp3) is 0.579. The molecule has 1 unspecified atom stereocenters. The van der Waals surface area contributed by atoms with Gasteiger partial charge >= 0.3 is 0 Å². The molecule has 1 fully saturated rings. The maximum absolute atomic E-state index is 11.8. The van der Waals surface area contributed by atoms with Crippen molar-refractivity contribution in [2.45, 2.75) is 26.3 Å². The monoisotopic (exact) mass is 423 g/mol. The standard InChI is InChI=1S/C19H30BrN5O/c1-14(2)11-21-19(22-12-18(26)24(3)4)23-15-9-10-25(13-15)17-8-6-5-7-16(17)20/h5-8,14-15H,9-13H2,1-4H3,(H2,21,22,23). The van der Waals surface area contributed by atoms with Crippen LogP contribution in [0.3, 0.4) is 0 Å². The Labute approximate surface area is 165 Å². The number of nitrogens with zero attached hydrogens (tertiary/aromatic N) is 3. The molecule has 1 atom stereocenters. The quantitative estimate of drug-likeness (QED) is 0.544. The number of amides is 1. The van der Waals surface area contributed by atoms with Gasteiger partial charge in [0.25, 0.3) is 0 Å². The Kier molecular flexibility index (Phi) is 7.75. The number of guanidine groups is 1. The number of benzene rings is 1. The zero-order valence-corrected chi connectivity index (χ0v) is 17.7. The first kappa shape index (κ1) is 20.6. The van der Waals surface area contributed by atoms with E-state index in [1.807, 2.05) is 6.07 Å². The summed E-state index contributed by atoms with van der Waals surface area (Å²) >= 11 is 3.63. The smallest absolute Gasteiger partial charge is 0.243 e. The van der Waals surface area contributed by atoms with Crippen molar-refractivity contribution in [3.63, 3.8) is 0 Å². The number of carbonyl (C=O) groups is 1. The Balaban J connectivity index is 1.98. The van der Waals surface area contributed by atoms with E-state index in [-0.39, 0.29) is 12.5 Å². The number of aliphatic imine (C=N–C) groups is 1. The molecule has 1 amide bonds. The predicted octanol–water partition coefficient (Wildman–Crippen LogP) is 2.31. The van der Waals surface area contributed by atoms with E-state index in [9.17, 15) is 4.79 Å². The second-order valence-electron chi connectivity index (χ2n) is 7.26. The van der Waals surface area contributed by atoms with Crippen LogP contribution in [0.15, 0.2) is 33.7 Å². The summed E-state index contributed by atoms with van der Waals surface area (Å²) in [5.74, 6) is 1.22. The van der Waals surface area contributed by atoms with Crippen molar-refractivity contribution < 1.29 is 4.79 Å². The lowest BCUT2D eigenvalue weighted by Crippen LogP contribution is -2.46. The maximum atomic E-state index is 11.8. The van der Waals surface area contributed by atoms with E-state index in [0.29, 0.717) is 17.9 Å². The number of rotatable bonds is 6. The van der Waals surface area contributed by atoms with Gasteiger partial charge in [0, 0.05) is 44.2 Å². The molecule has 0 bridgehead atoms. The van der Waals surface area contributed by atoms with Crippen molar-refractivity contribution in [1.82, 2.24) is 15.5 Å². The van der Waals surface area contributed by atoms with Gasteiger partial charge in [-0.15, -0.1) is 0 Å². The Morgan fingerprint density at radius 2 is 2.12 bits per heavy atom. The number of para-hydroxylation sites is 1. The van der Waals surface area contributed by atoms with Crippen LogP contribution in [0.2, 0.25) is 0 Å². The molecule has 1 aliphatic rings. The lowest BCUT2D eigenvalue weighted by atomic mass is 10.2. The highest BCUT2D eigenvalue weighted by atomic mass is 79.9. The van der Waals surface area contributed by atoms with E-state index in [2.05, 4.69) is 68.5 Å². The number of anilines is 1. The second kappa shape index (κ2) is 9.80. The van der Waals surface area contributed by atoms with Gasteiger partial charge in [0.05, 0.1) is 5.69 Å². The molecule has 0 aromatic heterocycles. The lowest BCUT2D eigenvalue weighted by molar-refractivity contribution is -0.127. The number of likely N-dealkylation sites (N-methyl/N-ethyl adjacent to an activating group) is 1. The van der Waals surface area contributed by atoms with Crippen LogP contribution in [0.1, 0.15) is 20.3 Å². The summed E-state index contributed by atoms with van der Waals surface area (Å²) in [5, 5.41) is 6.84. The molecule has 6 nitrogen and oxygen atoms in total. The third-order valence-corrected chi connectivity index (χ3v) is 4.94. The Bertz CT molecular complexity index is 632. The Morgan fingerprint density at radius 3 is 2.77 bits per heavy atom. The molecule has 1 heterocycles. The zero-order chi connectivity index (χ0) is 19.1. The molecule has 26 heavy (non-hydrogen) atoms. The molecule has 0 aliphatic carbocycles. The average molecular weight is 424 g/mol. The Morgan fingerprint density at radius 1 is 1.38 bits per heavy atom. The van der Waals surface area contributed by atoms with Gasteiger partial charge in [0.15, 0.2) is 5.96 Å². The van der Waals surface area contributed by atoms with Gasteiger partial charge in [-0.25, -0.2) is 4.99 Å². The van der Waals surface area contributed by atoms with Crippen LogP contribution in [-0.4, -0.2) is 63.1 Å². The van der Waals surface area contributed by atoms with Crippen molar-refractivity contribution in [1.29, 1.82) is 0 Å². The molecule has 7 heteroatoms. The number of hydrogen-bond donors (Lipinski definition) is 2. The molecule has 2 N–H and O–H groups in total. The minimum absolute atomic E-state index is 0.00286. The van der Waals surface area contributed by atoms with Crippen molar-refractivity contribution in [3.8, 4) is 0 Å². The third-order valence-electron chi connectivity index (χ3n) is 4.27. The number of halogens is 1. The molecule has 1 aromatic carbocycles. The fourth-order valence-electron chi connectivity index (χ4n) is 2.74. The number of hydrogen-bond acceptors (Lipinski definition) is 3. The van der Waals surface area contributed by atoms with E-state index >= 15 is 0 Å². The summed E-state index contributed by atoms with van der Waals surface area (Å²) in [6.45, 7) is 7.18. The molecule has 1 aliphatic heterocycles. The largest absolute Gasteiger partial charge is 0.368 e. The van der Waals surface area contributed by atoms with Crippen molar-refractivity contribution >= 4 is 33.5 Å². The molecule has 1 aromatic rings. The summed E-state index contributed by atoms with van der Waals surface area (Å²) in [7, 11) is 3.50. The van der Waals surface area contributed by atoms with E-state index < -0.39 is 0 Å². The third kappa shape index (κ3) is 6.20. The van der Waals surface area contributed by atoms with Crippen LogP contribution in [-0.2, 0) is 4.79 Å². The van der Waals surface area contributed by atoms with E-state index in [4.69, 9.17) is 0 Å². The van der Waals surface area contributed by atoms with E-state index in [0.717, 1.165) is 30.5 Å². The average Bonchev–Trinajstić information content (AvgIpc) is 3.05. The van der Waals surface area contributed by atoms with Gasteiger partial charge in [0.2, 0.25) is 5.91 Å². The summed E-state index contributed by atoms with van der Waals surface area (Å²) < 4.78 is 1.11. The van der Waals surface area contributed by atoms with Crippen molar-refractivity contribution in [2.24, 2.45) is 10.9 Å². The summed E-state index contributed by atoms with van der Waals surface area (Å²) in [6.07, 6.45) is 1.03. The minimum atomic E-state index is -0.00286. The first-order chi connectivity index (χ1) is 12.4. The summed E-state index contributed by atoms with van der Waals surface area (Å²) in [6, 6.07) is 8.59. The zero-order valence-electron chi connectivity index (χ0n) is 16.1. The van der Waals surface area contributed by atoms with Gasteiger partial charge in [-0.2, -0.15) is 0 Å². The topological polar surface area (TPSA) is 60.0 Å². The molecule has 2 rings (SSSR count). The van der Waals surface area contributed by atoms with Crippen LogP contribution in [0.4, 0.5) is 5.69 Å². The molecule has 1 saturated heterocycles. The lowest BCUT2D eigenvalue weighted by Gasteiger charge is -2.22. The predicted molar refractivity (Wildman–Crippen MR) is 112 cm³/mol. The van der Waals surface area contributed by atoms with Crippen LogP contribution < -0.4 is 15.5 Å². The highest BCUT2D eigenvalue weighted by Crippen LogP contribution is 2.28. The fourth-order valence-corrected chi connectivity index (χ4v) is 3.28. The molecule has 144 valence electrons. The van der Waals surface area contributed by atoms with Crippen molar-refractivity contribution in [3.05, 3.63) is 28.7 Å². The molecule has 0 radical (unpaired) electrons. The summed E-state index contributed by atoms with van der Waals surface area (Å²) in [4.78, 5) is 20.2. The first-order valence-corrected chi connectivity index (χ1v) is 9.90. The SMILES string of the molecule is CC(C)CNC(=NCC(=O)N(C)C)NC1CCN(c2ccccc2Br)C1. The normalized spacial score (nSPS) is 17.5. The summed E-state index contributed by atoms with van der Waals surface area (Å²) in [5.41, 5.74) is 1.22. The van der Waals surface area contributed by atoms with Crippen LogP contribution in [0, 0.1) is 5.92 Å². The van der Waals surface area contributed by atoms with Gasteiger partial charge in [-0.3, -0.25) is 4.79 Å². The van der Waals surface area contributed by atoms with Crippen LogP contribution >= 0.6 is 15.9 Å². The van der Waals surface area contributed by atoms with E-state index in [1.54, 1.807) is 19.0 Å². The number of nitrogens with one attached hydrogen (secondary N) is 2. The maximum Gasteiger partial charge on any atom is 0.243 e. The van der Waals surface area contributed by atoms with Gasteiger partial charge < -0.3 is 20.4 Å². The van der Waals surface area contributed by atoms with Gasteiger partial charge in [-0.1, -0.05) is 26.0 Å². The molecule has 0 saturated carbocycles. The first-order valence-electron chi connectivity index (χ1n) is 9.11. The van der Waals surface area contributed by atoms with Gasteiger partial charge in [-0.05, 0) is 40.4 Å². The van der Waals surface area contributed by atoms with E-state index in [1.165, 1.54) is 5.69 Å². The van der Waals surface area contributed by atoms with Crippen molar-refractivity contribution in [2.75, 3.05) is 45.2 Å². The molecule has 0 spiro atoms. The number of carbonyl (C=O) groups excluding carboxylic acids is 1. The van der Waals surface area contributed by atoms with Crippen LogP contribution in [0.5, 0.6) is 0 Å². The Hall–Kier alpha value is -1.76. The molecular formula is C19H30BrN5O. The highest BCUT2D eigenvalue weighted by Gasteiger charge is 2.24. The molecular weight excluding hydrogens is 394 g/mol.